The molecule has 0 bridgehead atoms. The first-order valence-corrected chi connectivity index (χ1v) is 7.32. The fourth-order valence-electron chi connectivity index (χ4n) is 2.54. The second-order valence-corrected chi connectivity index (χ2v) is 6.11. The van der Waals surface area contributed by atoms with Gasteiger partial charge in [-0.1, -0.05) is 5.16 Å². The Morgan fingerprint density at radius 1 is 1.47 bits per heavy atom. The summed E-state index contributed by atoms with van der Waals surface area (Å²) in [5.41, 5.74) is 0.854. The first-order chi connectivity index (χ1) is 9.03. The SMILES string of the molecule is Cc1noc(C)c1CN1C(=O)N[C@@]2(CCSC2)C1=O. The van der Waals surface area contributed by atoms with E-state index in [2.05, 4.69) is 10.5 Å². The quantitative estimate of drug-likeness (QED) is 0.825. The molecule has 1 atom stereocenters. The van der Waals surface area contributed by atoms with Crippen LogP contribution in [0.5, 0.6) is 0 Å². The third kappa shape index (κ3) is 1.83. The van der Waals surface area contributed by atoms with Crippen LogP contribution in [0.15, 0.2) is 4.52 Å². The van der Waals surface area contributed by atoms with Crippen molar-refractivity contribution in [3.63, 3.8) is 0 Å². The number of thioether (sulfide) groups is 1. The van der Waals surface area contributed by atoms with Crippen LogP contribution in [0.2, 0.25) is 0 Å². The maximum absolute atomic E-state index is 12.5. The van der Waals surface area contributed by atoms with Gasteiger partial charge in [0.1, 0.15) is 11.3 Å². The maximum Gasteiger partial charge on any atom is 0.325 e. The average molecular weight is 281 g/mol. The molecule has 2 saturated heterocycles. The van der Waals surface area contributed by atoms with Crippen molar-refractivity contribution in [2.24, 2.45) is 0 Å². The Balaban J connectivity index is 1.86. The molecule has 7 heteroatoms. The van der Waals surface area contributed by atoms with Crippen LogP contribution in [0.4, 0.5) is 4.79 Å². The first-order valence-electron chi connectivity index (χ1n) is 6.17. The predicted octanol–water partition coefficient (Wildman–Crippen LogP) is 1.22. The molecule has 19 heavy (non-hydrogen) atoms. The van der Waals surface area contributed by atoms with Gasteiger partial charge in [0.15, 0.2) is 0 Å². The van der Waals surface area contributed by atoms with Crippen LogP contribution in [0, 0.1) is 13.8 Å². The van der Waals surface area contributed by atoms with Gasteiger partial charge in [0.2, 0.25) is 0 Å². The summed E-state index contributed by atoms with van der Waals surface area (Å²) >= 11 is 1.70. The zero-order valence-electron chi connectivity index (χ0n) is 10.9. The second-order valence-electron chi connectivity index (χ2n) is 5.01. The van der Waals surface area contributed by atoms with Gasteiger partial charge in [-0.05, 0) is 26.0 Å². The van der Waals surface area contributed by atoms with Crippen molar-refractivity contribution in [2.75, 3.05) is 11.5 Å². The Labute approximate surface area is 114 Å². The fourth-order valence-corrected chi connectivity index (χ4v) is 3.86. The number of urea groups is 1. The van der Waals surface area contributed by atoms with Gasteiger partial charge in [-0.25, -0.2) is 4.79 Å². The lowest BCUT2D eigenvalue weighted by atomic mass is 9.99. The van der Waals surface area contributed by atoms with Crippen LogP contribution < -0.4 is 5.32 Å². The van der Waals surface area contributed by atoms with E-state index in [1.807, 2.05) is 6.92 Å². The average Bonchev–Trinajstić information content (AvgIpc) is 3.01. The Bertz CT molecular complexity index is 529. The molecule has 3 rings (SSSR count). The molecule has 0 aromatic carbocycles. The van der Waals surface area contributed by atoms with E-state index >= 15 is 0 Å². The van der Waals surface area contributed by atoms with Gasteiger partial charge in [0.25, 0.3) is 5.91 Å². The number of nitrogens with zero attached hydrogens (tertiary/aromatic N) is 2. The molecule has 1 aromatic rings. The molecular formula is C12H15N3O3S. The Morgan fingerprint density at radius 3 is 2.84 bits per heavy atom. The summed E-state index contributed by atoms with van der Waals surface area (Å²) in [5.74, 6) is 2.10. The molecular weight excluding hydrogens is 266 g/mol. The first kappa shape index (κ1) is 12.5. The fraction of sp³-hybridized carbons (Fsp3) is 0.583. The third-order valence-corrected chi connectivity index (χ3v) is 4.95. The van der Waals surface area contributed by atoms with E-state index < -0.39 is 5.54 Å². The minimum Gasteiger partial charge on any atom is -0.361 e. The molecule has 6 nitrogen and oxygen atoms in total. The second kappa shape index (κ2) is 4.26. The van der Waals surface area contributed by atoms with Gasteiger partial charge in [0.05, 0.1) is 12.2 Å². The Kier molecular flexibility index (Phi) is 2.81. The lowest BCUT2D eigenvalue weighted by Gasteiger charge is -2.19. The molecule has 2 aliphatic rings. The molecule has 102 valence electrons. The Morgan fingerprint density at radius 2 is 2.26 bits per heavy atom. The van der Waals surface area contributed by atoms with Crippen LogP contribution in [-0.4, -0.2) is 39.0 Å². The molecule has 0 saturated carbocycles. The topological polar surface area (TPSA) is 75.4 Å². The lowest BCUT2D eigenvalue weighted by Crippen LogP contribution is -2.46. The molecule has 3 heterocycles. The highest BCUT2D eigenvalue weighted by molar-refractivity contribution is 7.99. The van der Waals surface area contributed by atoms with Gasteiger partial charge in [-0.15, -0.1) is 0 Å². The smallest absolute Gasteiger partial charge is 0.325 e. The number of carbonyl (C=O) groups is 2. The number of hydrogen-bond donors (Lipinski definition) is 1. The van der Waals surface area contributed by atoms with Crippen molar-refractivity contribution >= 4 is 23.7 Å². The summed E-state index contributed by atoms with van der Waals surface area (Å²) in [5, 5.41) is 6.69. The monoisotopic (exact) mass is 281 g/mol. The van der Waals surface area contributed by atoms with E-state index in [4.69, 9.17) is 4.52 Å². The minimum atomic E-state index is -0.680. The van der Waals surface area contributed by atoms with Crippen LogP contribution in [-0.2, 0) is 11.3 Å². The van der Waals surface area contributed by atoms with Crippen LogP contribution >= 0.6 is 11.8 Å². The number of aromatic nitrogens is 1. The molecule has 1 aromatic heterocycles. The molecule has 0 radical (unpaired) electrons. The van der Waals surface area contributed by atoms with Gasteiger partial charge in [-0.2, -0.15) is 11.8 Å². The van der Waals surface area contributed by atoms with E-state index in [1.165, 1.54) is 4.90 Å². The van der Waals surface area contributed by atoms with Crippen molar-refractivity contribution in [1.29, 1.82) is 0 Å². The summed E-state index contributed by atoms with van der Waals surface area (Å²) in [4.78, 5) is 25.8. The van der Waals surface area contributed by atoms with Crippen molar-refractivity contribution in [2.45, 2.75) is 32.4 Å². The van der Waals surface area contributed by atoms with Crippen molar-refractivity contribution in [3.05, 3.63) is 17.0 Å². The standard InChI is InChI=1S/C12H15N3O3S/c1-7-9(8(2)18-14-7)5-15-10(16)12(13-11(15)17)3-4-19-6-12/h3-6H2,1-2H3,(H,13,17)/t12-/m1/s1. The van der Waals surface area contributed by atoms with Gasteiger partial charge < -0.3 is 9.84 Å². The highest BCUT2D eigenvalue weighted by atomic mass is 32.2. The summed E-state index contributed by atoms with van der Waals surface area (Å²) < 4.78 is 5.07. The van der Waals surface area contributed by atoms with E-state index in [-0.39, 0.29) is 18.5 Å². The summed E-state index contributed by atoms with van der Waals surface area (Å²) in [6.07, 6.45) is 0.709. The highest BCUT2D eigenvalue weighted by Gasteiger charge is 2.52. The summed E-state index contributed by atoms with van der Waals surface area (Å²) in [6.45, 7) is 3.83. The Hall–Kier alpha value is -1.50. The van der Waals surface area contributed by atoms with Crippen LogP contribution in [0.3, 0.4) is 0 Å². The zero-order valence-corrected chi connectivity index (χ0v) is 11.7. The van der Waals surface area contributed by atoms with Crippen molar-refractivity contribution in [1.82, 2.24) is 15.4 Å². The molecule has 1 spiro atoms. The van der Waals surface area contributed by atoms with Gasteiger partial charge >= 0.3 is 6.03 Å². The molecule has 3 amide bonds. The largest absolute Gasteiger partial charge is 0.361 e. The molecule has 2 aliphatic heterocycles. The number of amides is 3. The van der Waals surface area contributed by atoms with E-state index in [1.54, 1.807) is 18.7 Å². The maximum atomic E-state index is 12.5. The summed E-state index contributed by atoms with van der Waals surface area (Å²) in [6, 6.07) is -0.312. The van der Waals surface area contributed by atoms with Crippen molar-refractivity contribution < 1.29 is 14.1 Å². The number of imide groups is 1. The van der Waals surface area contributed by atoms with E-state index in [9.17, 15) is 9.59 Å². The van der Waals surface area contributed by atoms with E-state index in [0.717, 1.165) is 17.0 Å². The summed E-state index contributed by atoms with van der Waals surface area (Å²) in [7, 11) is 0. The third-order valence-electron chi connectivity index (χ3n) is 3.76. The number of nitrogens with one attached hydrogen (secondary N) is 1. The van der Waals surface area contributed by atoms with E-state index in [0.29, 0.717) is 17.9 Å². The van der Waals surface area contributed by atoms with Gasteiger partial charge in [-0.3, -0.25) is 9.69 Å². The molecule has 0 aliphatic carbocycles. The number of aryl methyl sites for hydroxylation is 2. The van der Waals surface area contributed by atoms with Crippen LogP contribution in [0.25, 0.3) is 0 Å². The number of hydrogen-bond acceptors (Lipinski definition) is 5. The molecule has 2 fully saturated rings. The number of carbonyl (C=O) groups excluding carboxylic acids is 2. The lowest BCUT2D eigenvalue weighted by molar-refractivity contribution is -0.130. The minimum absolute atomic E-state index is 0.123. The van der Waals surface area contributed by atoms with Crippen molar-refractivity contribution in [3.8, 4) is 0 Å². The zero-order chi connectivity index (χ0) is 13.6. The number of rotatable bonds is 2. The van der Waals surface area contributed by atoms with Crippen LogP contribution in [0.1, 0.15) is 23.4 Å². The van der Waals surface area contributed by atoms with Gasteiger partial charge in [0, 0.05) is 11.3 Å². The predicted molar refractivity (Wildman–Crippen MR) is 69.7 cm³/mol. The highest BCUT2D eigenvalue weighted by Crippen LogP contribution is 2.34. The molecule has 0 unspecified atom stereocenters. The molecule has 1 N–H and O–H groups in total. The normalized spacial score (nSPS) is 26.5.